The summed E-state index contributed by atoms with van der Waals surface area (Å²) in [4.78, 5) is 54.3. The van der Waals surface area contributed by atoms with Gasteiger partial charge in [-0.15, -0.1) is 0 Å². The summed E-state index contributed by atoms with van der Waals surface area (Å²) in [6.45, 7) is 0. The van der Waals surface area contributed by atoms with Crippen LogP contribution in [-0.2, 0) is 14.4 Å². The van der Waals surface area contributed by atoms with Gasteiger partial charge in [-0.1, -0.05) is 36.4 Å². The van der Waals surface area contributed by atoms with E-state index < -0.39 is 52.4 Å². The van der Waals surface area contributed by atoms with Crippen molar-refractivity contribution in [1.29, 1.82) is 0 Å². The van der Waals surface area contributed by atoms with Crippen LogP contribution in [0, 0.1) is 27.8 Å². The maximum absolute atomic E-state index is 13.9. The molecule has 4 atom stereocenters. The molecule has 3 aliphatic rings. The van der Waals surface area contributed by atoms with Crippen molar-refractivity contribution in [3.05, 3.63) is 100 Å². The van der Waals surface area contributed by atoms with Crippen molar-refractivity contribution in [3.8, 4) is 0 Å². The standard InChI is InChI=1S/C27H19FN4O5/c28-16-5-3-6-19(14-16)30-26(34)22-21-13-8-15-4-1-2-7-20(15)31(21)24(23(22)27(30)35)25(33)29-17-9-11-18(12-10-17)32(36)37/h1-14,21-24H,(H,29,33)/t21-,22+,23-,24-/m0/s1. The number of fused-ring (bicyclic) bond motifs is 5. The molecule has 0 unspecified atom stereocenters. The molecule has 2 fully saturated rings. The van der Waals surface area contributed by atoms with Gasteiger partial charge in [0.25, 0.3) is 5.69 Å². The van der Waals surface area contributed by atoms with Crippen LogP contribution in [0.1, 0.15) is 5.56 Å². The quantitative estimate of drug-likeness (QED) is 0.333. The summed E-state index contributed by atoms with van der Waals surface area (Å²) in [5.41, 5.74) is 1.86. The Morgan fingerprint density at radius 1 is 0.946 bits per heavy atom. The van der Waals surface area contributed by atoms with Crippen molar-refractivity contribution >= 4 is 46.5 Å². The topological polar surface area (TPSA) is 113 Å². The average molecular weight is 498 g/mol. The summed E-state index contributed by atoms with van der Waals surface area (Å²) in [5, 5.41) is 13.7. The summed E-state index contributed by atoms with van der Waals surface area (Å²) in [5.74, 6) is -4.06. The Bertz CT molecular complexity index is 1500. The van der Waals surface area contributed by atoms with Gasteiger partial charge in [-0.3, -0.25) is 24.5 Å². The Labute approximate surface area is 209 Å². The van der Waals surface area contributed by atoms with Crippen LogP contribution in [0.4, 0.5) is 27.1 Å². The molecule has 0 bridgehead atoms. The van der Waals surface area contributed by atoms with Crippen LogP contribution in [0.3, 0.4) is 0 Å². The summed E-state index contributed by atoms with van der Waals surface area (Å²) in [6.07, 6.45) is 3.69. The van der Waals surface area contributed by atoms with Crippen LogP contribution in [0.15, 0.2) is 78.9 Å². The number of nitrogens with zero attached hydrogens (tertiary/aromatic N) is 3. The number of hydrogen-bond acceptors (Lipinski definition) is 6. The Kier molecular flexibility index (Phi) is 5.11. The van der Waals surface area contributed by atoms with Gasteiger partial charge in [0.1, 0.15) is 11.9 Å². The molecule has 0 spiro atoms. The monoisotopic (exact) mass is 498 g/mol. The van der Waals surface area contributed by atoms with Crippen molar-refractivity contribution in [3.63, 3.8) is 0 Å². The molecular weight excluding hydrogens is 479 g/mol. The van der Waals surface area contributed by atoms with Crippen LogP contribution >= 0.6 is 0 Å². The van der Waals surface area contributed by atoms with Crippen molar-refractivity contribution in [2.45, 2.75) is 12.1 Å². The fourth-order valence-corrected chi connectivity index (χ4v) is 5.57. The highest BCUT2D eigenvalue weighted by molar-refractivity contribution is 6.25. The van der Waals surface area contributed by atoms with Crippen molar-refractivity contribution < 1.29 is 23.7 Å². The number of carbonyl (C=O) groups is 3. The highest BCUT2D eigenvalue weighted by Crippen LogP contribution is 2.49. The summed E-state index contributed by atoms with van der Waals surface area (Å²) >= 11 is 0. The number of benzene rings is 3. The molecule has 2 saturated heterocycles. The largest absolute Gasteiger partial charge is 0.351 e. The molecule has 9 nitrogen and oxygen atoms in total. The van der Waals surface area contributed by atoms with Gasteiger partial charge in [0.2, 0.25) is 17.7 Å². The molecule has 0 aromatic heterocycles. The lowest BCUT2D eigenvalue weighted by atomic mass is 9.88. The van der Waals surface area contributed by atoms with Gasteiger partial charge in [0, 0.05) is 23.5 Å². The van der Waals surface area contributed by atoms with E-state index in [1.807, 2.05) is 36.4 Å². The number of imide groups is 1. The molecule has 3 aromatic carbocycles. The number of para-hydroxylation sites is 1. The van der Waals surface area contributed by atoms with Gasteiger partial charge in [-0.2, -0.15) is 0 Å². The number of anilines is 3. The minimum absolute atomic E-state index is 0.116. The highest BCUT2D eigenvalue weighted by Gasteiger charge is 2.64. The van der Waals surface area contributed by atoms with E-state index in [2.05, 4.69) is 5.32 Å². The van der Waals surface area contributed by atoms with E-state index in [4.69, 9.17) is 0 Å². The maximum atomic E-state index is 13.9. The molecule has 3 heterocycles. The fraction of sp³-hybridized carbons (Fsp3) is 0.148. The number of amides is 3. The first-order valence-electron chi connectivity index (χ1n) is 11.6. The second-order valence-corrected chi connectivity index (χ2v) is 9.10. The molecule has 10 heteroatoms. The Morgan fingerprint density at radius 2 is 1.68 bits per heavy atom. The van der Waals surface area contributed by atoms with E-state index in [1.165, 1.54) is 42.5 Å². The molecule has 0 aliphatic carbocycles. The Balaban J connectivity index is 1.41. The van der Waals surface area contributed by atoms with E-state index in [9.17, 15) is 28.9 Å². The van der Waals surface area contributed by atoms with Gasteiger partial charge < -0.3 is 10.2 Å². The highest BCUT2D eigenvalue weighted by atomic mass is 19.1. The lowest BCUT2D eigenvalue weighted by molar-refractivity contribution is -0.384. The molecule has 0 saturated carbocycles. The van der Waals surface area contributed by atoms with Gasteiger partial charge >= 0.3 is 0 Å². The predicted octanol–water partition coefficient (Wildman–Crippen LogP) is 3.76. The number of halogens is 1. The summed E-state index contributed by atoms with van der Waals surface area (Å²) in [7, 11) is 0. The van der Waals surface area contributed by atoms with Gasteiger partial charge in [-0.25, -0.2) is 9.29 Å². The molecule has 3 aromatic rings. The van der Waals surface area contributed by atoms with E-state index in [1.54, 1.807) is 4.90 Å². The van der Waals surface area contributed by atoms with Crippen molar-refractivity contribution in [2.24, 2.45) is 11.8 Å². The van der Waals surface area contributed by atoms with Crippen LogP contribution in [-0.4, -0.2) is 34.7 Å². The number of nitro benzene ring substituents is 1. The molecule has 0 radical (unpaired) electrons. The summed E-state index contributed by atoms with van der Waals surface area (Å²) < 4.78 is 13.9. The smallest absolute Gasteiger partial charge is 0.269 e. The third-order valence-electron chi connectivity index (χ3n) is 7.10. The average Bonchev–Trinajstić information content (AvgIpc) is 3.37. The molecule has 6 rings (SSSR count). The zero-order chi connectivity index (χ0) is 25.8. The molecule has 3 aliphatic heterocycles. The van der Waals surface area contributed by atoms with Gasteiger partial charge in [0.15, 0.2) is 0 Å². The minimum atomic E-state index is -1.05. The molecule has 3 amide bonds. The zero-order valence-corrected chi connectivity index (χ0v) is 19.2. The van der Waals surface area contributed by atoms with E-state index >= 15 is 0 Å². The first-order valence-corrected chi connectivity index (χ1v) is 11.6. The van der Waals surface area contributed by atoms with Crippen LogP contribution < -0.4 is 15.1 Å². The van der Waals surface area contributed by atoms with Crippen molar-refractivity contribution in [1.82, 2.24) is 0 Å². The fourth-order valence-electron chi connectivity index (χ4n) is 5.57. The third-order valence-corrected chi connectivity index (χ3v) is 7.10. The van der Waals surface area contributed by atoms with Gasteiger partial charge in [-0.05, 0) is 42.0 Å². The van der Waals surface area contributed by atoms with Crippen LogP contribution in [0.2, 0.25) is 0 Å². The second kappa shape index (κ2) is 8.37. The van der Waals surface area contributed by atoms with Crippen LogP contribution in [0.5, 0.6) is 0 Å². The zero-order valence-electron chi connectivity index (χ0n) is 19.2. The maximum Gasteiger partial charge on any atom is 0.269 e. The minimum Gasteiger partial charge on any atom is -0.351 e. The number of nitrogens with one attached hydrogen (secondary N) is 1. The SMILES string of the molecule is O=C(Nc1ccc([N+](=O)[O-])cc1)[C@@H]1[C@H]2C(=O)N(c3cccc(F)c3)C(=O)[C@@H]2[C@@H]2C=Cc3ccccc3N12. The number of rotatable bonds is 4. The van der Waals surface area contributed by atoms with E-state index in [0.29, 0.717) is 11.4 Å². The molecule has 184 valence electrons. The Morgan fingerprint density at radius 3 is 2.41 bits per heavy atom. The first kappa shape index (κ1) is 22.6. The van der Waals surface area contributed by atoms with E-state index in [-0.39, 0.29) is 11.4 Å². The van der Waals surface area contributed by atoms with Crippen LogP contribution in [0.25, 0.3) is 6.08 Å². The number of non-ortho nitro benzene ring substituents is 1. The number of carbonyl (C=O) groups excluding carboxylic acids is 3. The molecule has 37 heavy (non-hydrogen) atoms. The number of nitro groups is 1. The van der Waals surface area contributed by atoms with Gasteiger partial charge in [0.05, 0.1) is 28.5 Å². The normalized spacial score (nSPS) is 23.5. The molecule has 1 N–H and O–H groups in total. The Hall–Kier alpha value is -4.86. The summed E-state index contributed by atoms with van der Waals surface area (Å²) in [6, 6.07) is 16.4. The van der Waals surface area contributed by atoms with Crippen molar-refractivity contribution in [2.75, 3.05) is 15.1 Å². The molecular formula is C27H19FN4O5. The lowest BCUT2D eigenvalue weighted by Crippen LogP contribution is -2.50. The van der Waals surface area contributed by atoms with E-state index in [0.717, 1.165) is 16.5 Å². The predicted molar refractivity (Wildman–Crippen MR) is 133 cm³/mol. The first-order chi connectivity index (χ1) is 17.8. The third kappa shape index (κ3) is 3.48. The number of hydrogen-bond donors (Lipinski definition) is 1. The second-order valence-electron chi connectivity index (χ2n) is 9.10. The lowest BCUT2D eigenvalue weighted by Gasteiger charge is -2.36.